The first-order valence-electron chi connectivity index (χ1n) is 1.26. The van der Waals surface area contributed by atoms with Crippen molar-refractivity contribution in [2.75, 3.05) is 0 Å². The molecule has 0 unspecified atom stereocenters. The molecule has 0 atom stereocenters. The van der Waals surface area contributed by atoms with E-state index in [0.29, 0.717) is 0 Å². The van der Waals surface area contributed by atoms with E-state index in [4.69, 9.17) is 32.8 Å². The van der Waals surface area contributed by atoms with Gasteiger partial charge in [-0.05, 0) is 0 Å². The van der Waals surface area contributed by atoms with Crippen LogP contribution < -0.4 is 24.6 Å². The molecule has 0 rings (SSSR count). The predicted molar refractivity (Wildman–Crippen MR) is 50.3 cm³/mol. The molecule has 0 fully saturated rings. The van der Waals surface area contributed by atoms with Crippen LogP contribution in [-0.2, 0) is 10.4 Å². The van der Waals surface area contributed by atoms with Crippen molar-refractivity contribution in [3.8, 4) is 0 Å². The molecule has 14 heteroatoms. The van der Waals surface area contributed by atoms with E-state index in [9.17, 15) is 0 Å². The van der Waals surface area contributed by atoms with Crippen LogP contribution in [0.5, 0.6) is 0 Å². The molecule has 0 saturated heterocycles. The van der Waals surface area contributed by atoms with Crippen LogP contribution in [0.3, 0.4) is 0 Å². The first kappa shape index (κ1) is 51.1. The SMILES string of the molecule is Cl.N.N.N.N.O=S(=O)(O)O.O=[N+]([O-])O. The average molecular weight is 266 g/mol. The standard InChI is InChI=1S/ClH.HNO3.4H3N.H2O4S/c;2-1(3)4;;;;;1-5(2,3)4/h1H;(H,2,3,4);4*1H3;(H2,1,2,3,4). The minimum absolute atomic E-state index is 0. The summed E-state index contributed by atoms with van der Waals surface area (Å²) in [6.07, 6.45) is 0. The molecule has 0 heterocycles. The molecule has 0 amide bonds. The summed E-state index contributed by atoms with van der Waals surface area (Å²) >= 11 is 0. The molecular weight excluding hydrogens is 250 g/mol. The number of nitrogens with zero attached hydrogens (tertiary/aromatic N) is 1. The summed E-state index contributed by atoms with van der Waals surface area (Å²) in [5.74, 6) is 0. The van der Waals surface area contributed by atoms with Gasteiger partial charge in [0.25, 0.3) is 5.09 Å². The highest BCUT2D eigenvalue weighted by molar-refractivity contribution is 7.79. The Bertz CT molecular complexity index is 165. The Kier molecular flexibility index (Phi) is 83.1. The molecule has 0 aliphatic rings. The Balaban J connectivity index is -0.0000000104. The van der Waals surface area contributed by atoms with Gasteiger partial charge in [0.05, 0.1) is 0 Å². The molecule has 12 nitrogen and oxygen atoms in total. The van der Waals surface area contributed by atoms with E-state index in [1.807, 2.05) is 0 Å². The molecule has 0 aromatic rings. The van der Waals surface area contributed by atoms with Crippen molar-refractivity contribution < 1.29 is 27.8 Å². The molecule has 0 bridgehead atoms. The average Bonchev–Trinajstić information content (AvgIpc) is 1.19. The van der Waals surface area contributed by atoms with Gasteiger partial charge in [-0.2, -0.15) is 8.42 Å². The van der Waals surface area contributed by atoms with Crippen molar-refractivity contribution in [2.45, 2.75) is 0 Å². The van der Waals surface area contributed by atoms with Crippen molar-refractivity contribution in [1.82, 2.24) is 24.6 Å². The highest BCUT2D eigenvalue weighted by Crippen LogP contribution is 1.59. The fourth-order valence-corrected chi connectivity index (χ4v) is 0. The smallest absolute Gasteiger partial charge is 0.344 e. The van der Waals surface area contributed by atoms with E-state index in [-0.39, 0.29) is 37.0 Å². The highest BCUT2D eigenvalue weighted by Gasteiger charge is 1.84. The molecule has 0 spiro atoms. The summed E-state index contributed by atoms with van der Waals surface area (Å²) in [5.41, 5.74) is 0. The number of halogens is 1. The van der Waals surface area contributed by atoms with Crippen molar-refractivity contribution in [3.63, 3.8) is 0 Å². The van der Waals surface area contributed by atoms with Crippen LogP contribution in [0, 0.1) is 10.1 Å². The van der Waals surface area contributed by atoms with Gasteiger partial charge in [-0.15, -0.1) is 22.5 Å². The van der Waals surface area contributed by atoms with Crippen LogP contribution in [0.1, 0.15) is 0 Å². The topological polar surface area (TPSA) is 278 Å². The van der Waals surface area contributed by atoms with Crippen LogP contribution in [0.2, 0.25) is 0 Å². The molecule has 0 radical (unpaired) electrons. The number of rotatable bonds is 0. The van der Waals surface area contributed by atoms with Gasteiger partial charge < -0.3 is 29.8 Å². The first-order valence-corrected chi connectivity index (χ1v) is 2.66. The molecule has 15 N–H and O–H groups in total. The lowest BCUT2D eigenvalue weighted by Gasteiger charge is -1.68. The fourth-order valence-electron chi connectivity index (χ4n) is 0. The van der Waals surface area contributed by atoms with Gasteiger partial charge in [-0.1, -0.05) is 0 Å². The third kappa shape index (κ3) is 1820. The van der Waals surface area contributed by atoms with E-state index >= 15 is 0 Å². The van der Waals surface area contributed by atoms with Gasteiger partial charge in [0.15, 0.2) is 0 Å². The Morgan fingerprint density at radius 2 is 1.00 bits per heavy atom. The first-order chi connectivity index (χ1) is 3.73. The third-order valence-corrected chi connectivity index (χ3v) is 0. The maximum atomic E-state index is 8.74. The number of hydrogen-bond acceptors (Lipinski definition) is 8. The summed E-state index contributed by atoms with van der Waals surface area (Å²) in [6, 6.07) is 0. The molecule has 0 saturated carbocycles. The second-order valence-electron chi connectivity index (χ2n) is 0.686. The molecule has 0 aromatic carbocycles. The van der Waals surface area contributed by atoms with Crippen molar-refractivity contribution >= 4 is 22.8 Å². The monoisotopic (exact) mass is 265 g/mol. The maximum absolute atomic E-state index is 8.74. The molecule has 0 aliphatic carbocycles. The van der Waals surface area contributed by atoms with Gasteiger partial charge in [-0.3, -0.25) is 9.11 Å². The summed E-state index contributed by atoms with van der Waals surface area (Å²) in [4.78, 5) is 8.36. The summed E-state index contributed by atoms with van der Waals surface area (Å²) < 4.78 is 31.6. The Morgan fingerprint density at radius 1 is 1.00 bits per heavy atom. The maximum Gasteiger partial charge on any atom is 0.394 e. The highest BCUT2D eigenvalue weighted by atomic mass is 35.5. The molecule has 0 aromatic heterocycles. The number of hydrogen-bond donors (Lipinski definition) is 7. The zero-order chi connectivity index (χ0) is 8.08. The predicted octanol–water partition coefficient (Wildman–Crippen LogP) is 0.0693. The molecule has 14 heavy (non-hydrogen) atoms. The van der Waals surface area contributed by atoms with Gasteiger partial charge >= 0.3 is 10.4 Å². The summed E-state index contributed by atoms with van der Waals surface area (Å²) in [6.45, 7) is 0. The summed E-state index contributed by atoms with van der Waals surface area (Å²) in [7, 11) is -4.67. The van der Waals surface area contributed by atoms with Gasteiger partial charge in [0.2, 0.25) is 0 Å². The van der Waals surface area contributed by atoms with Crippen LogP contribution in [0.4, 0.5) is 0 Å². The zero-order valence-electron chi connectivity index (χ0n) is 7.07. The Labute approximate surface area is 86.1 Å². The van der Waals surface area contributed by atoms with E-state index < -0.39 is 15.5 Å². The quantitative estimate of drug-likeness (QED) is 0.174. The van der Waals surface area contributed by atoms with Crippen LogP contribution in [-0.4, -0.2) is 27.8 Å². The van der Waals surface area contributed by atoms with Gasteiger partial charge in [0.1, 0.15) is 0 Å². The third-order valence-electron chi connectivity index (χ3n) is 0. The van der Waals surface area contributed by atoms with Crippen LogP contribution in [0.15, 0.2) is 0 Å². The van der Waals surface area contributed by atoms with E-state index in [1.54, 1.807) is 0 Å². The van der Waals surface area contributed by atoms with Crippen LogP contribution in [0.25, 0.3) is 0 Å². The van der Waals surface area contributed by atoms with Gasteiger partial charge in [0, 0.05) is 0 Å². The van der Waals surface area contributed by atoms with E-state index in [1.165, 1.54) is 0 Å². The molecular formula is H16ClN5O7S. The van der Waals surface area contributed by atoms with E-state index in [2.05, 4.69) is 0 Å². The minimum Gasteiger partial charge on any atom is -0.344 e. The van der Waals surface area contributed by atoms with Crippen molar-refractivity contribution in [3.05, 3.63) is 10.1 Å². The van der Waals surface area contributed by atoms with Crippen molar-refractivity contribution in [1.29, 1.82) is 0 Å². The molecule has 96 valence electrons. The normalized spacial score (nSPS) is 5.86. The second-order valence-corrected chi connectivity index (χ2v) is 1.58. The fraction of sp³-hybridized carbons (Fsp3) is 0. The molecule has 0 aliphatic heterocycles. The lowest BCUT2D eigenvalue weighted by atomic mass is 13.1. The van der Waals surface area contributed by atoms with E-state index in [0.717, 1.165) is 0 Å². The minimum atomic E-state index is -4.67. The van der Waals surface area contributed by atoms with Gasteiger partial charge in [-0.25, -0.2) is 0 Å². The Morgan fingerprint density at radius 3 is 1.00 bits per heavy atom. The second kappa shape index (κ2) is 22.8. The van der Waals surface area contributed by atoms with Crippen molar-refractivity contribution in [2.24, 2.45) is 0 Å². The zero-order valence-corrected chi connectivity index (χ0v) is 8.70. The summed E-state index contributed by atoms with van der Waals surface area (Å²) in [5, 5.41) is 13.6. The Hall–Kier alpha value is -0.800. The lowest BCUT2D eigenvalue weighted by molar-refractivity contribution is -0.742. The van der Waals surface area contributed by atoms with Crippen LogP contribution >= 0.6 is 12.4 Å². The lowest BCUT2D eigenvalue weighted by Crippen LogP contribution is -1.89. The largest absolute Gasteiger partial charge is 0.394 e.